The molecule has 0 amide bonds. The maximum Gasteiger partial charge on any atom is 0.126 e. The van der Waals surface area contributed by atoms with Crippen molar-refractivity contribution in [3.63, 3.8) is 0 Å². The van der Waals surface area contributed by atoms with E-state index in [1.807, 2.05) is 13.0 Å². The first-order valence-electron chi connectivity index (χ1n) is 6.05. The van der Waals surface area contributed by atoms with E-state index in [-0.39, 0.29) is 11.9 Å². The fourth-order valence-corrected chi connectivity index (χ4v) is 3.13. The standard InChI is InChI=1S/C14H17FO/c1-8-3-11-5-10-4-9(2)13(15)6-12(10)14(11)16-7-8/h4,6,8,11,14H,3,5,7H2,1-2H3/t8?,11?,14-/m0/s1. The zero-order chi connectivity index (χ0) is 11.3. The normalized spacial score (nSPS) is 32.3. The fraction of sp³-hybridized carbons (Fsp3) is 0.571. The molecular weight excluding hydrogens is 203 g/mol. The van der Waals surface area contributed by atoms with Gasteiger partial charge in [-0.1, -0.05) is 13.0 Å². The smallest absolute Gasteiger partial charge is 0.126 e. The van der Waals surface area contributed by atoms with Crippen molar-refractivity contribution in [2.45, 2.75) is 32.8 Å². The second-order valence-electron chi connectivity index (χ2n) is 5.36. The van der Waals surface area contributed by atoms with Crippen LogP contribution in [0, 0.1) is 24.6 Å². The molecule has 86 valence electrons. The molecule has 1 heterocycles. The van der Waals surface area contributed by atoms with Gasteiger partial charge < -0.3 is 4.74 Å². The molecule has 0 saturated carbocycles. The highest BCUT2D eigenvalue weighted by Gasteiger charge is 2.37. The quantitative estimate of drug-likeness (QED) is 0.651. The van der Waals surface area contributed by atoms with E-state index in [4.69, 9.17) is 4.74 Å². The van der Waals surface area contributed by atoms with Crippen molar-refractivity contribution in [2.24, 2.45) is 11.8 Å². The van der Waals surface area contributed by atoms with Gasteiger partial charge in [0.25, 0.3) is 0 Å². The third kappa shape index (κ3) is 1.47. The SMILES string of the molecule is Cc1cc2c(cc1F)[C@H]1OCC(C)CC1C2. The van der Waals surface area contributed by atoms with Gasteiger partial charge in [-0.25, -0.2) is 4.39 Å². The summed E-state index contributed by atoms with van der Waals surface area (Å²) in [7, 11) is 0. The van der Waals surface area contributed by atoms with E-state index in [1.54, 1.807) is 6.07 Å². The average Bonchev–Trinajstić information content (AvgIpc) is 2.55. The summed E-state index contributed by atoms with van der Waals surface area (Å²) in [5.41, 5.74) is 3.15. The van der Waals surface area contributed by atoms with Crippen molar-refractivity contribution in [1.29, 1.82) is 0 Å². The van der Waals surface area contributed by atoms with Crippen LogP contribution in [0.15, 0.2) is 12.1 Å². The molecular formula is C14H17FO. The van der Waals surface area contributed by atoms with Crippen LogP contribution in [0.5, 0.6) is 0 Å². The van der Waals surface area contributed by atoms with Gasteiger partial charge in [-0.3, -0.25) is 0 Å². The number of hydrogen-bond donors (Lipinski definition) is 0. The van der Waals surface area contributed by atoms with E-state index >= 15 is 0 Å². The van der Waals surface area contributed by atoms with Crippen LogP contribution >= 0.6 is 0 Å². The van der Waals surface area contributed by atoms with Crippen LogP contribution in [-0.4, -0.2) is 6.61 Å². The summed E-state index contributed by atoms with van der Waals surface area (Å²) in [5.74, 6) is 1.11. The molecule has 1 saturated heterocycles. The molecule has 2 heteroatoms. The van der Waals surface area contributed by atoms with Gasteiger partial charge in [0.15, 0.2) is 0 Å². The van der Waals surface area contributed by atoms with Crippen LogP contribution in [0.2, 0.25) is 0 Å². The Morgan fingerprint density at radius 3 is 3.00 bits per heavy atom. The molecule has 1 aromatic rings. The van der Waals surface area contributed by atoms with Crippen molar-refractivity contribution in [2.75, 3.05) is 6.61 Å². The Bertz CT molecular complexity index is 427. The van der Waals surface area contributed by atoms with Crippen molar-refractivity contribution >= 4 is 0 Å². The van der Waals surface area contributed by atoms with Gasteiger partial charge in [0.2, 0.25) is 0 Å². The van der Waals surface area contributed by atoms with Gasteiger partial charge in [0.1, 0.15) is 5.82 Å². The highest BCUT2D eigenvalue weighted by atomic mass is 19.1. The zero-order valence-electron chi connectivity index (χ0n) is 9.79. The average molecular weight is 220 g/mol. The molecule has 1 nitrogen and oxygen atoms in total. The molecule has 1 aliphatic carbocycles. The van der Waals surface area contributed by atoms with Gasteiger partial charge >= 0.3 is 0 Å². The van der Waals surface area contributed by atoms with E-state index in [0.29, 0.717) is 11.8 Å². The maximum atomic E-state index is 13.6. The minimum Gasteiger partial charge on any atom is -0.373 e. The first-order valence-corrected chi connectivity index (χ1v) is 6.05. The van der Waals surface area contributed by atoms with Crippen molar-refractivity contribution in [1.82, 2.24) is 0 Å². The molecule has 0 spiro atoms. The topological polar surface area (TPSA) is 9.23 Å². The van der Waals surface area contributed by atoms with Crippen LogP contribution in [0.4, 0.5) is 4.39 Å². The predicted molar refractivity (Wildman–Crippen MR) is 60.8 cm³/mol. The third-order valence-corrected chi connectivity index (χ3v) is 3.90. The Morgan fingerprint density at radius 2 is 2.19 bits per heavy atom. The number of hydrogen-bond acceptors (Lipinski definition) is 1. The monoisotopic (exact) mass is 220 g/mol. The molecule has 0 aromatic heterocycles. The van der Waals surface area contributed by atoms with Crippen LogP contribution in [0.1, 0.15) is 36.1 Å². The second-order valence-corrected chi connectivity index (χ2v) is 5.36. The minimum atomic E-state index is -0.0957. The number of halogens is 1. The van der Waals surface area contributed by atoms with Crippen LogP contribution in [-0.2, 0) is 11.2 Å². The lowest BCUT2D eigenvalue weighted by Gasteiger charge is -2.30. The first-order chi connectivity index (χ1) is 7.65. The molecule has 0 bridgehead atoms. The van der Waals surface area contributed by atoms with E-state index in [1.165, 1.54) is 12.0 Å². The van der Waals surface area contributed by atoms with E-state index < -0.39 is 0 Å². The Hall–Kier alpha value is -0.890. The molecule has 0 N–H and O–H groups in total. The molecule has 2 unspecified atom stereocenters. The lowest BCUT2D eigenvalue weighted by atomic mass is 9.89. The summed E-state index contributed by atoms with van der Waals surface area (Å²) in [4.78, 5) is 0. The van der Waals surface area contributed by atoms with Crippen LogP contribution < -0.4 is 0 Å². The molecule has 1 aromatic carbocycles. The Balaban J connectivity index is 1.99. The molecule has 1 aliphatic heterocycles. The van der Waals surface area contributed by atoms with Crippen LogP contribution in [0.25, 0.3) is 0 Å². The number of fused-ring (bicyclic) bond motifs is 3. The molecule has 3 atom stereocenters. The summed E-state index contributed by atoms with van der Waals surface area (Å²) in [6.07, 6.45) is 2.42. The van der Waals surface area contributed by atoms with E-state index in [0.717, 1.165) is 24.2 Å². The largest absolute Gasteiger partial charge is 0.373 e. The number of benzene rings is 1. The van der Waals surface area contributed by atoms with Gasteiger partial charge in [-0.15, -0.1) is 0 Å². The predicted octanol–water partition coefficient (Wildman–Crippen LogP) is 3.40. The summed E-state index contributed by atoms with van der Waals surface area (Å²) < 4.78 is 19.4. The van der Waals surface area contributed by atoms with Crippen molar-refractivity contribution < 1.29 is 9.13 Å². The molecule has 1 fully saturated rings. The summed E-state index contributed by atoms with van der Waals surface area (Å²) in [6.45, 7) is 4.88. The maximum absolute atomic E-state index is 13.6. The van der Waals surface area contributed by atoms with E-state index in [9.17, 15) is 4.39 Å². The highest BCUT2D eigenvalue weighted by molar-refractivity contribution is 5.39. The van der Waals surface area contributed by atoms with Gasteiger partial charge in [0, 0.05) is 6.61 Å². The fourth-order valence-electron chi connectivity index (χ4n) is 3.13. The van der Waals surface area contributed by atoms with Crippen molar-refractivity contribution in [3.8, 4) is 0 Å². The molecule has 0 radical (unpaired) electrons. The molecule has 3 rings (SSSR count). The third-order valence-electron chi connectivity index (χ3n) is 3.90. The minimum absolute atomic E-state index is 0.0957. The summed E-state index contributed by atoms with van der Waals surface area (Å²) in [6, 6.07) is 3.68. The number of aryl methyl sites for hydroxylation is 1. The Kier molecular flexibility index (Phi) is 2.28. The number of rotatable bonds is 0. The molecule has 16 heavy (non-hydrogen) atoms. The molecule has 2 aliphatic rings. The Labute approximate surface area is 95.6 Å². The number of ether oxygens (including phenoxy) is 1. The van der Waals surface area contributed by atoms with Gasteiger partial charge in [-0.2, -0.15) is 0 Å². The van der Waals surface area contributed by atoms with Crippen molar-refractivity contribution in [3.05, 3.63) is 34.6 Å². The van der Waals surface area contributed by atoms with Gasteiger partial charge in [0.05, 0.1) is 6.10 Å². The lowest BCUT2D eigenvalue weighted by molar-refractivity contribution is -0.0451. The lowest BCUT2D eigenvalue weighted by Crippen LogP contribution is -2.24. The zero-order valence-corrected chi connectivity index (χ0v) is 9.79. The first kappa shape index (κ1) is 10.3. The van der Waals surface area contributed by atoms with Gasteiger partial charge in [-0.05, 0) is 54.4 Å². The highest BCUT2D eigenvalue weighted by Crippen LogP contribution is 2.45. The summed E-state index contributed by atoms with van der Waals surface area (Å²) >= 11 is 0. The van der Waals surface area contributed by atoms with E-state index in [2.05, 4.69) is 6.92 Å². The summed E-state index contributed by atoms with van der Waals surface area (Å²) in [5, 5.41) is 0. The second kappa shape index (κ2) is 3.56. The van der Waals surface area contributed by atoms with Crippen LogP contribution in [0.3, 0.4) is 0 Å². The Morgan fingerprint density at radius 1 is 1.38 bits per heavy atom.